The number of para-hydroxylation sites is 1. The van der Waals surface area contributed by atoms with Gasteiger partial charge < -0.3 is 40.3 Å². The van der Waals surface area contributed by atoms with E-state index in [2.05, 4.69) is 31.0 Å². The third-order valence-electron chi connectivity index (χ3n) is 5.02. The number of benzene rings is 1. The van der Waals surface area contributed by atoms with Crippen molar-refractivity contribution in [2.24, 2.45) is 5.92 Å². The van der Waals surface area contributed by atoms with Crippen LogP contribution in [0.4, 0.5) is 17.2 Å². The van der Waals surface area contributed by atoms with Gasteiger partial charge in [-0.1, -0.05) is 11.2 Å². The number of anilines is 3. The maximum atomic E-state index is 12.5. The lowest BCUT2D eigenvalue weighted by Gasteiger charge is -2.18. The summed E-state index contributed by atoms with van der Waals surface area (Å²) in [4.78, 5) is 28.8. The number of methoxy groups -OCH3 is 1. The molecule has 190 valence electrons. The molecule has 1 saturated carbocycles. The van der Waals surface area contributed by atoms with E-state index in [-0.39, 0.29) is 40.8 Å². The van der Waals surface area contributed by atoms with Crippen molar-refractivity contribution in [1.82, 2.24) is 25.7 Å². The standard InChI is InChI=1S/C21H23N7O8/c1-9(29)20-24-17(28-36-20)11-4-3-5-12(16(11)35-2)22-13-8-14(23-18(30)10-6-7-10)26-27-15(13)19(31)25-21(32,33)34/h3-5,8-10,29,32-34H,6-7H2,1-2H3,(H,25,31)(H2,22,23,26,30). The van der Waals surface area contributed by atoms with Crippen molar-refractivity contribution in [2.75, 3.05) is 17.7 Å². The van der Waals surface area contributed by atoms with Crippen molar-refractivity contribution in [1.29, 1.82) is 0 Å². The number of nitrogens with one attached hydrogen (secondary N) is 3. The van der Waals surface area contributed by atoms with Gasteiger partial charge in [-0.25, -0.2) is 0 Å². The third kappa shape index (κ3) is 5.72. The number of aromatic nitrogens is 4. The summed E-state index contributed by atoms with van der Waals surface area (Å²) in [6.45, 7) is 1.47. The molecule has 3 aromatic rings. The quantitative estimate of drug-likeness (QED) is 0.192. The van der Waals surface area contributed by atoms with Gasteiger partial charge in [0.1, 0.15) is 6.10 Å². The van der Waals surface area contributed by atoms with Crippen LogP contribution in [0.15, 0.2) is 28.8 Å². The summed E-state index contributed by atoms with van der Waals surface area (Å²) in [5.41, 5.74) is 0.215. The number of aliphatic hydroxyl groups excluding tert-OH is 1. The van der Waals surface area contributed by atoms with Crippen molar-refractivity contribution >= 4 is 29.0 Å². The molecule has 15 nitrogen and oxygen atoms in total. The van der Waals surface area contributed by atoms with Crippen LogP contribution in [0.3, 0.4) is 0 Å². The molecule has 2 amide bonds. The first kappa shape index (κ1) is 24.9. The van der Waals surface area contributed by atoms with E-state index in [0.717, 1.165) is 12.8 Å². The van der Waals surface area contributed by atoms with Gasteiger partial charge in [0.05, 0.1) is 24.0 Å². The van der Waals surface area contributed by atoms with E-state index >= 15 is 0 Å². The Morgan fingerprint density at radius 1 is 1.19 bits per heavy atom. The maximum absolute atomic E-state index is 12.5. The van der Waals surface area contributed by atoms with Crippen LogP contribution in [0, 0.1) is 5.92 Å². The molecule has 0 radical (unpaired) electrons. The van der Waals surface area contributed by atoms with Crippen LogP contribution < -0.4 is 20.7 Å². The number of carbonyl (C=O) groups is 2. The summed E-state index contributed by atoms with van der Waals surface area (Å²) in [5, 5.41) is 55.6. The van der Waals surface area contributed by atoms with Crippen molar-refractivity contribution in [2.45, 2.75) is 32.0 Å². The summed E-state index contributed by atoms with van der Waals surface area (Å²) in [7, 11) is 1.39. The molecule has 0 saturated heterocycles. The highest BCUT2D eigenvalue weighted by Gasteiger charge is 2.31. The molecule has 0 aliphatic heterocycles. The van der Waals surface area contributed by atoms with Crippen LogP contribution in [0.2, 0.25) is 0 Å². The molecule has 0 bridgehead atoms. The van der Waals surface area contributed by atoms with E-state index in [1.54, 1.807) is 18.2 Å². The molecule has 7 N–H and O–H groups in total. The lowest BCUT2D eigenvalue weighted by Crippen LogP contribution is -2.48. The first-order chi connectivity index (χ1) is 17.1. The first-order valence-corrected chi connectivity index (χ1v) is 10.7. The average molecular weight is 501 g/mol. The molecule has 0 spiro atoms. The summed E-state index contributed by atoms with van der Waals surface area (Å²) in [6.07, 6.45) is -2.98. The highest BCUT2D eigenvalue weighted by molar-refractivity contribution is 6.00. The van der Waals surface area contributed by atoms with E-state index in [9.17, 15) is 14.7 Å². The molecule has 2 aromatic heterocycles. The molecule has 36 heavy (non-hydrogen) atoms. The molecule has 1 unspecified atom stereocenters. The van der Waals surface area contributed by atoms with Crippen molar-refractivity contribution in [3.63, 3.8) is 0 Å². The Morgan fingerprint density at radius 3 is 2.56 bits per heavy atom. The minimum atomic E-state index is -3.51. The van der Waals surface area contributed by atoms with Crippen molar-refractivity contribution in [3.8, 4) is 17.1 Å². The van der Waals surface area contributed by atoms with Gasteiger partial charge in [-0.15, -0.1) is 10.2 Å². The summed E-state index contributed by atoms with van der Waals surface area (Å²) < 4.78 is 10.6. The zero-order valence-corrected chi connectivity index (χ0v) is 19.1. The van der Waals surface area contributed by atoms with Gasteiger partial charge in [-0.05, 0) is 31.9 Å². The molecule has 15 heteroatoms. The zero-order chi connectivity index (χ0) is 26.0. The molecule has 2 heterocycles. The minimum Gasteiger partial charge on any atom is -0.494 e. The van der Waals surface area contributed by atoms with Crippen LogP contribution in [-0.2, 0) is 4.79 Å². The summed E-state index contributed by atoms with van der Waals surface area (Å²) in [5.74, 6) is -1.18. The number of rotatable bonds is 9. The molecular weight excluding hydrogens is 478 g/mol. The Balaban J connectivity index is 1.72. The molecule has 4 rings (SSSR count). The fourth-order valence-corrected chi connectivity index (χ4v) is 3.19. The minimum absolute atomic E-state index is 0.000698. The number of hydrogen-bond donors (Lipinski definition) is 7. The maximum Gasteiger partial charge on any atom is 0.369 e. The van der Waals surface area contributed by atoms with Gasteiger partial charge in [0, 0.05) is 12.0 Å². The number of aliphatic hydroxyl groups is 4. The molecule has 1 atom stereocenters. The molecular formula is C21H23N7O8. The van der Waals surface area contributed by atoms with Gasteiger partial charge in [-0.2, -0.15) is 4.98 Å². The monoisotopic (exact) mass is 501 g/mol. The first-order valence-electron chi connectivity index (χ1n) is 10.7. The zero-order valence-electron chi connectivity index (χ0n) is 19.1. The second-order valence-corrected chi connectivity index (χ2v) is 7.99. The number of amides is 2. The lowest BCUT2D eigenvalue weighted by atomic mass is 10.1. The van der Waals surface area contributed by atoms with E-state index in [4.69, 9.17) is 24.6 Å². The SMILES string of the molecule is COc1c(Nc2cc(NC(=O)C3CC3)nnc2C(=O)NC(O)(O)O)cccc1-c1noc(C(C)O)n1. The van der Waals surface area contributed by atoms with Crippen LogP contribution in [0.1, 0.15) is 42.2 Å². The number of carbonyl (C=O) groups excluding carboxylic acids is 2. The van der Waals surface area contributed by atoms with Gasteiger partial charge in [0.2, 0.25) is 11.7 Å². The normalized spacial score (nSPS) is 14.2. The van der Waals surface area contributed by atoms with Crippen molar-refractivity contribution in [3.05, 3.63) is 35.9 Å². The molecule has 1 aromatic carbocycles. The number of nitrogens with zero attached hydrogens (tertiary/aromatic N) is 4. The number of ether oxygens (including phenoxy) is 1. The fraction of sp³-hybridized carbons (Fsp3) is 0.333. The molecule has 1 aliphatic carbocycles. The van der Waals surface area contributed by atoms with Crippen LogP contribution in [0.5, 0.6) is 5.75 Å². The summed E-state index contributed by atoms with van der Waals surface area (Å²) >= 11 is 0. The average Bonchev–Trinajstić information content (AvgIpc) is 3.54. The number of hydrogen-bond acceptors (Lipinski definition) is 13. The highest BCUT2D eigenvalue weighted by atomic mass is 16.7. The topological polar surface area (TPSA) is 225 Å². The highest BCUT2D eigenvalue weighted by Crippen LogP contribution is 2.38. The van der Waals surface area contributed by atoms with Crippen LogP contribution in [0.25, 0.3) is 11.4 Å². The lowest BCUT2D eigenvalue weighted by molar-refractivity contribution is -0.323. The molecule has 1 aliphatic rings. The Morgan fingerprint density at radius 2 is 1.94 bits per heavy atom. The smallest absolute Gasteiger partial charge is 0.369 e. The van der Waals surface area contributed by atoms with E-state index in [0.29, 0.717) is 11.3 Å². The Hall–Kier alpha value is -4.18. The Labute approximate surface area is 203 Å². The van der Waals surface area contributed by atoms with E-state index in [1.165, 1.54) is 25.4 Å². The summed E-state index contributed by atoms with van der Waals surface area (Å²) in [6, 6.07) is 6.17. The van der Waals surface area contributed by atoms with E-state index in [1.807, 2.05) is 0 Å². The van der Waals surface area contributed by atoms with E-state index < -0.39 is 23.8 Å². The Bertz CT molecular complexity index is 1280. The van der Waals surface area contributed by atoms with Gasteiger partial charge in [-0.3, -0.25) is 14.9 Å². The second-order valence-electron chi connectivity index (χ2n) is 7.99. The van der Waals surface area contributed by atoms with Crippen LogP contribution >= 0.6 is 0 Å². The van der Waals surface area contributed by atoms with Crippen molar-refractivity contribution < 1.29 is 39.3 Å². The fourth-order valence-electron chi connectivity index (χ4n) is 3.19. The predicted octanol–water partition coefficient (Wildman–Crippen LogP) is -0.00140. The van der Waals surface area contributed by atoms with Gasteiger partial charge in [0.15, 0.2) is 17.3 Å². The molecule has 1 fully saturated rings. The van der Waals surface area contributed by atoms with Gasteiger partial charge >= 0.3 is 6.10 Å². The Kier molecular flexibility index (Phi) is 6.80. The second kappa shape index (κ2) is 9.82. The van der Waals surface area contributed by atoms with Crippen LogP contribution in [-0.4, -0.2) is 65.8 Å². The largest absolute Gasteiger partial charge is 0.494 e. The van der Waals surface area contributed by atoms with Gasteiger partial charge in [0.25, 0.3) is 11.8 Å². The predicted molar refractivity (Wildman–Crippen MR) is 120 cm³/mol. The third-order valence-corrected chi connectivity index (χ3v) is 5.02.